The third kappa shape index (κ3) is 4.28. The minimum Gasteiger partial charge on any atom is -0.460 e. The predicted molar refractivity (Wildman–Crippen MR) is 120 cm³/mol. The minimum absolute atomic E-state index is 0.0323. The third-order valence-electron chi connectivity index (χ3n) is 5.75. The number of hydrogen-bond donors (Lipinski definition) is 1. The number of carbonyl (C=O) groups excluding carboxylic acids is 2. The molecule has 31 heavy (non-hydrogen) atoms. The predicted octanol–water partition coefficient (Wildman–Crippen LogP) is 5.05. The van der Waals surface area contributed by atoms with Crippen LogP contribution in [0.15, 0.2) is 71.3 Å². The van der Waals surface area contributed by atoms with E-state index < -0.39 is 11.9 Å². The number of allylic oxidation sites excluding steroid dienone is 3. The van der Waals surface area contributed by atoms with Crippen molar-refractivity contribution in [2.75, 3.05) is 0 Å². The molecule has 1 N–H and O–H groups in total. The number of nitrogens with zero attached hydrogens (tertiary/aromatic N) is 1. The number of ether oxygens (including phenoxy) is 1. The van der Waals surface area contributed by atoms with Gasteiger partial charge in [-0.05, 0) is 62.4 Å². The normalized spacial score (nSPS) is 21.1. The van der Waals surface area contributed by atoms with Crippen molar-refractivity contribution >= 4 is 23.4 Å². The fourth-order valence-electron chi connectivity index (χ4n) is 4.44. The van der Waals surface area contributed by atoms with Crippen molar-refractivity contribution in [3.63, 3.8) is 0 Å². The molecule has 0 radical (unpaired) electrons. The first-order valence-corrected chi connectivity index (χ1v) is 10.8. The molecule has 1 aliphatic carbocycles. The number of pyridine rings is 1. The van der Waals surface area contributed by atoms with Crippen LogP contribution in [0.1, 0.15) is 56.6 Å². The highest BCUT2D eigenvalue weighted by Gasteiger charge is 2.41. The van der Waals surface area contributed by atoms with E-state index in [9.17, 15) is 9.59 Å². The van der Waals surface area contributed by atoms with Crippen molar-refractivity contribution in [1.82, 2.24) is 10.3 Å². The molecule has 1 aromatic carbocycles. The van der Waals surface area contributed by atoms with E-state index in [1.807, 2.05) is 57.2 Å². The Balaban J connectivity index is 1.77. The van der Waals surface area contributed by atoms with Crippen LogP contribution in [0.4, 0.5) is 0 Å². The maximum Gasteiger partial charge on any atom is 0.337 e. The molecular formula is C25H25ClN2O3. The fraction of sp³-hybridized carbons (Fsp3) is 0.320. The van der Waals surface area contributed by atoms with E-state index in [4.69, 9.17) is 16.3 Å². The molecule has 160 valence electrons. The summed E-state index contributed by atoms with van der Waals surface area (Å²) < 4.78 is 5.52. The zero-order valence-electron chi connectivity index (χ0n) is 17.8. The van der Waals surface area contributed by atoms with Gasteiger partial charge < -0.3 is 10.1 Å². The molecule has 2 heterocycles. The molecule has 0 amide bonds. The largest absolute Gasteiger partial charge is 0.460 e. The Bertz CT molecular complexity index is 1070. The quantitative estimate of drug-likeness (QED) is 0.679. The van der Waals surface area contributed by atoms with E-state index in [2.05, 4.69) is 10.3 Å². The van der Waals surface area contributed by atoms with Crippen LogP contribution in [0.3, 0.4) is 0 Å². The van der Waals surface area contributed by atoms with Crippen LogP contribution in [0.5, 0.6) is 0 Å². The number of nitrogens with one attached hydrogen (secondary N) is 1. The van der Waals surface area contributed by atoms with Gasteiger partial charge in [0, 0.05) is 46.7 Å². The number of hydrogen-bond acceptors (Lipinski definition) is 5. The van der Waals surface area contributed by atoms with Crippen LogP contribution in [0.25, 0.3) is 0 Å². The van der Waals surface area contributed by atoms with E-state index in [1.54, 1.807) is 12.4 Å². The number of esters is 1. The van der Waals surface area contributed by atoms with Crippen molar-refractivity contribution < 1.29 is 14.3 Å². The summed E-state index contributed by atoms with van der Waals surface area (Å²) in [6.07, 6.45) is 4.21. The monoisotopic (exact) mass is 436 g/mol. The first-order valence-electron chi connectivity index (χ1n) is 10.5. The van der Waals surface area contributed by atoms with Gasteiger partial charge >= 0.3 is 5.97 Å². The zero-order valence-corrected chi connectivity index (χ0v) is 18.6. The van der Waals surface area contributed by atoms with Crippen LogP contribution in [0, 0.1) is 0 Å². The van der Waals surface area contributed by atoms with Crippen molar-refractivity contribution in [2.24, 2.45) is 0 Å². The van der Waals surface area contributed by atoms with E-state index in [0.29, 0.717) is 34.7 Å². The van der Waals surface area contributed by atoms with Gasteiger partial charge in [-0.15, -0.1) is 0 Å². The second-order valence-corrected chi connectivity index (χ2v) is 8.75. The van der Waals surface area contributed by atoms with Crippen molar-refractivity contribution in [3.8, 4) is 0 Å². The molecule has 2 aromatic rings. The lowest BCUT2D eigenvalue weighted by Gasteiger charge is -2.36. The average molecular weight is 437 g/mol. The number of aromatic nitrogens is 1. The highest BCUT2D eigenvalue weighted by molar-refractivity contribution is 6.30. The van der Waals surface area contributed by atoms with Gasteiger partial charge in [0.1, 0.15) is 0 Å². The Labute approximate surface area is 187 Å². The maximum atomic E-state index is 13.4. The summed E-state index contributed by atoms with van der Waals surface area (Å²) in [5, 5.41) is 4.03. The Kier molecular flexibility index (Phi) is 5.96. The lowest BCUT2D eigenvalue weighted by Crippen LogP contribution is -2.36. The molecule has 1 aromatic heterocycles. The van der Waals surface area contributed by atoms with Gasteiger partial charge in [-0.3, -0.25) is 9.78 Å². The van der Waals surface area contributed by atoms with Crippen LogP contribution in [-0.4, -0.2) is 22.8 Å². The molecule has 0 unspecified atom stereocenters. The molecule has 0 spiro atoms. The molecule has 5 nitrogen and oxygen atoms in total. The van der Waals surface area contributed by atoms with Gasteiger partial charge in [-0.25, -0.2) is 4.79 Å². The zero-order chi connectivity index (χ0) is 22.1. The highest BCUT2D eigenvalue weighted by Crippen LogP contribution is 2.45. The molecule has 2 atom stereocenters. The summed E-state index contributed by atoms with van der Waals surface area (Å²) in [6, 6.07) is 11.4. The molecule has 0 fully saturated rings. The number of benzene rings is 1. The first-order chi connectivity index (χ1) is 14.8. The molecule has 0 bridgehead atoms. The average Bonchev–Trinajstić information content (AvgIpc) is 2.73. The number of dihydropyridines is 1. The fourth-order valence-corrected chi connectivity index (χ4v) is 4.56. The van der Waals surface area contributed by atoms with E-state index in [0.717, 1.165) is 16.8 Å². The Morgan fingerprint density at radius 3 is 2.55 bits per heavy atom. The van der Waals surface area contributed by atoms with Crippen LogP contribution in [0.2, 0.25) is 5.02 Å². The first kappa shape index (κ1) is 21.3. The smallest absolute Gasteiger partial charge is 0.337 e. The van der Waals surface area contributed by atoms with Crippen LogP contribution < -0.4 is 5.32 Å². The van der Waals surface area contributed by atoms with Crippen molar-refractivity contribution in [2.45, 2.75) is 51.6 Å². The summed E-state index contributed by atoms with van der Waals surface area (Å²) in [5.74, 6) is -0.810. The number of halogens is 1. The lowest BCUT2D eigenvalue weighted by atomic mass is 9.72. The molecular weight excluding hydrogens is 412 g/mol. The molecule has 6 heteroatoms. The van der Waals surface area contributed by atoms with Crippen LogP contribution in [-0.2, 0) is 14.3 Å². The van der Waals surface area contributed by atoms with Gasteiger partial charge in [-0.2, -0.15) is 0 Å². The molecule has 1 aliphatic heterocycles. The summed E-state index contributed by atoms with van der Waals surface area (Å²) in [4.78, 5) is 30.7. The third-order valence-corrected chi connectivity index (χ3v) is 6.00. The summed E-state index contributed by atoms with van der Waals surface area (Å²) in [6.45, 7) is 5.49. The number of carbonyl (C=O) groups is 2. The second kappa shape index (κ2) is 8.67. The summed E-state index contributed by atoms with van der Waals surface area (Å²) in [7, 11) is 0. The van der Waals surface area contributed by atoms with Gasteiger partial charge in [0.05, 0.1) is 11.7 Å². The number of ketones is 1. The van der Waals surface area contributed by atoms with Crippen molar-refractivity contribution in [1.29, 1.82) is 0 Å². The van der Waals surface area contributed by atoms with Gasteiger partial charge in [0.2, 0.25) is 0 Å². The Morgan fingerprint density at radius 2 is 1.90 bits per heavy atom. The van der Waals surface area contributed by atoms with Gasteiger partial charge in [0.15, 0.2) is 5.78 Å². The topological polar surface area (TPSA) is 68.3 Å². The van der Waals surface area contributed by atoms with Gasteiger partial charge in [-0.1, -0.05) is 29.8 Å². The van der Waals surface area contributed by atoms with E-state index in [-0.39, 0.29) is 17.8 Å². The SMILES string of the molecule is CC1=C(C(=O)OC(C)C)[C@@H](c2cccnc2)C2=C(C[C@@H](c3ccc(Cl)cc3)CC2=O)N1. The van der Waals surface area contributed by atoms with E-state index in [1.165, 1.54) is 0 Å². The summed E-state index contributed by atoms with van der Waals surface area (Å²) >= 11 is 6.03. The highest BCUT2D eigenvalue weighted by atomic mass is 35.5. The Hall–Kier alpha value is -2.92. The standard InChI is InChI=1S/C25H25ClN2O3/c1-14(2)31-25(30)22-15(3)28-20-11-18(16-6-8-19(26)9-7-16)12-21(29)24(20)23(22)17-5-4-10-27-13-17/h4-10,13-14,18,23,28H,11-12H2,1-3H3/t18-,23-/m1/s1. The molecule has 4 rings (SSSR count). The molecule has 0 saturated carbocycles. The van der Waals surface area contributed by atoms with Crippen molar-refractivity contribution in [3.05, 3.63) is 87.5 Å². The maximum absolute atomic E-state index is 13.4. The molecule has 2 aliphatic rings. The summed E-state index contributed by atoms with van der Waals surface area (Å²) in [5.41, 5.74) is 4.57. The number of Topliss-reactive ketones (excluding diaryl/α,β-unsaturated/α-hetero) is 1. The molecule has 0 saturated heterocycles. The second-order valence-electron chi connectivity index (χ2n) is 8.31. The minimum atomic E-state index is -0.491. The van der Waals surface area contributed by atoms with Gasteiger partial charge in [0.25, 0.3) is 0 Å². The number of rotatable bonds is 4. The lowest BCUT2D eigenvalue weighted by molar-refractivity contribution is -0.143. The Morgan fingerprint density at radius 1 is 1.16 bits per heavy atom. The van der Waals surface area contributed by atoms with Crippen LogP contribution >= 0.6 is 11.6 Å². The van der Waals surface area contributed by atoms with E-state index >= 15 is 0 Å².